The fourth-order valence-corrected chi connectivity index (χ4v) is 2.88. The number of nitrogens with zero attached hydrogens (tertiary/aromatic N) is 2. The van der Waals surface area contributed by atoms with E-state index in [2.05, 4.69) is 0 Å². The van der Waals surface area contributed by atoms with Crippen LogP contribution in [0.25, 0.3) is 5.57 Å². The van der Waals surface area contributed by atoms with Crippen LogP contribution in [0.4, 0.5) is 0 Å². The molecule has 1 aliphatic heterocycles. The highest BCUT2D eigenvalue weighted by Crippen LogP contribution is 2.29. The van der Waals surface area contributed by atoms with Crippen LogP contribution in [0.5, 0.6) is 0 Å². The molecule has 1 amide bonds. The van der Waals surface area contributed by atoms with E-state index >= 15 is 0 Å². The Balaban J connectivity index is 1.81. The minimum absolute atomic E-state index is 0.0264. The number of amides is 1. The number of carbonyl (C=O) groups is 1. The number of ether oxygens (including phenoxy) is 1. The lowest BCUT2D eigenvalue weighted by Gasteiger charge is -2.17. The SMILES string of the molecule is CN(C)CCOC1=C(c2ccccc2)CN(Cc2ccccc2)C1=O. The van der Waals surface area contributed by atoms with Crippen molar-refractivity contribution in [2.24, 2.45) is 0 Å². The predicted octanol–water partition coefficient (Wildman–Crippen LogP) is 3.02. The number of hydrogen-bond donors (Lipinski definition) is 0. The molecule has 2 aromatic carbocycles. The topological polar surface area (TPSA) is 32.8 Å². The fourth-order valence-electron chi connectivity index (χ4n) is 2.88. The summed E-state index contributed by atoms with van der Waals surface area (Å²) in [5.74, 6) is 0.463. The molecule has 4 nitrogen and oxygen atoms in total. The Morgan fingerprint density at radius 3 is 2.28 bits per heavy atom. The number of likely N-dealkylation sites (N-methyl/N-ethyl adjacent to an activating group) is 1. The first-order valence-electron chi connectivity index (χ1n) is 8.54. The van der Waals surface area contributed by atoms with Crippen molar-refractivity contribution in [3.05, 3.63) is 77.5 Å². The van der Waals surface area contributed by atoms with Gasteiger partial charge in [0.2, 0.25) is 0 Å². The summed E-state index contributed by atoms with van der Waals surface area (Å²) in [5, 5.41) is 0. The van der Waals surface area contributed by atoms with Gasteiger partial charge in [-0.1, -0.05) is 60.7 Å². The van der Waals surface area contributed by atoms with Gasteiger partial charge in [-0.15, -0.1) is 0 Å². The van der Waals surface area contributed by atoms with E-state index in [0.717, 1.165) is 23.2 Å². The summed E-state index contributed by atoms with van der Waals surface area (Å²) in [7, 11) is 3.99. The first kappa shape index (κ1) is 17.2. The summed E-state index contributed by atoms with van der Waals surface area (Å²) < 4.78 is 5.91. The summed E-state index contributed by atoms with van der Waals surface area (Å²) in [5.41, 5.74) is 3.14. The van der Waals surface area contributed by atoms with Gasteiger partial charge in [-0.05, 0) is 25.2 Å². The maximum Gasteiger partial charge on any atom is 0.289 e. The van der Waals surface area contributed by atoms with Gasteiger partial charge in [0.25, 0.3) is 5.91 Å². The van der Waals surface area contributed by atoms with Crippen LogP contribution in [0.2, 0.25) is 0 Å². The molecular formula is C21H24N2O2. The van der Waals surface area contributed by atoms with Crippen LogP contribution in [0, 0.1) is 0 Å². The molecule has 25 heavy (non-hydrogen) atoms. The van der Waals surface area contributed by atoms with Crippen molar-refractivity contribution < 1.29 is 9.53 Å². The molecule has 0 saturated heterocycles. The third-order valence-corrected chi connectivity index (χ3v) is 4.23. The van der Waals surface area contributed by atoms with Crippen molar-refractivity contribution in [2.45, 2.75) is 6.54 Å². The molecule has 0 unspecified atom stereocenters. The van der Waals surface area contributed by atoms with Gasteiger partial charge in [0.05, 0.1) is 6.54 Å². The third kappa shape index (κ3) is 4.28. The summed E-state index contributed by atoms with van der Waals surface area (Å²) in [6.45, 7) is 2.45. The van der Waals surface area contributed by atoms with Gasteiger partial charge >= 0.3 is 0 Å². The van der Waals surface area contributed by atoms with Crippen LogP contribution in [0.1, 0.15) is 11.1 Å². The minimum Gasteiger partial charge on any atom is -0.486 e. The first-order chi connectivity index (χ1) is 12.1. The fraction of sp³-hybridized carbons (Fsp3) is 0.286. The molecule has 0 aromatic heterocycles. The highest BCUT2D eigenvalue weighted by molar-refractivity contribution is 6.04. The summed E-state index contributed by atoms with van der Waals surface area (Å²) in [4.78, 5) is 16.8. The summed E-state index contributed by atoms with van der Waals surface area (Å²) >= 11 is 0. The average molecular weight is 336 g/mol. The molecule has 0 radical (unpaired) electrons. The highest BCUT2D eigenvalue weighted by Gasteiger charge is 2.32. The van der Waals surface area contributed by atoms with Gasteiger partial charge in [0.15, 0.2) is 5.76 Å². The zero-order chi connectivity index (χ0) is 17.6. The van der Waals surface area contributed by atoms with E-state index < -0.39 is 0 Å². The molecule has 1 heterocycles. The second-order valence-corrected chi connectivity index (χ2v) is 6.47. The molecule has 2 aromatic rings. The van der Waals surface area contributed by atoms with Gasteiger partial charge in [0, 0.05) is 18.7 Å². The van der Waals surface area contributed by atoms with Crippen LogP contribution in [0.15, 0.2) is 66.4 Å². The molecule has 0 bridgehead atoms. The van der Waals surface area contributed by atoms with Crippen molar-refractivity contribution in [3.8, 4) is 0 Å². The Labute approximate surface area is 149 Å². The minimum atomic E-state index is -0.0264. The Bertz CT molecular complexity index is 739. The molecule has 0 aliphatic carbocycles. The van der Waals surface area contributed by atoms with Crippen LogP contribution >= 0.6 is 0 Å². The molecule has 0 atom stereocenters. The van der Waals surface area contributed by atoms with Gasteiger partial charge in [-0.25, -0.2) is 0 Å². The monoisotopic (exact) mass is 336 g/mol. The van der Waals surface area contributed by atoms with Crippen molar-refractivity contribution in [2.75, 3.05) is 33.8 Å². The lowest BCUT2D eigenvalue weighted by Crippen LogP contribution is -2.27. The van der Waals surface area contributed by atoms with Crippen LogP contribution in [-0.4, -0.2) is 49.5 Å². The molecular weight excluding hydrogens is 312 g/mol. The van der Waals surface area contributed by atoms with Crippen molar-refractivity contribution in [1.29, 1.82) is 0 Å². The largest absolute Gasteiger partial charge is 0.486 e. The van der Waals surface area contributed by atoms with Gasteiger partial charge in [-0.2, -0.15) is 0 Å². The number of hydrogen-bond acceptors (Lipinski definition) is 3. The maximum atomic E-state index is 12.9. The second-order valence-electron chi connectivity index (χ2n) is 6.47. The summed E-state index contributed by atoms with van der Waals surface area (Å²) in [6.07, 6.45) is 0. The van der Waals surface area contributed by atoms with Crippen LogP contribution in [-0.2, 0) is 16.1 Å². The lowest BCUT2D eigenvalue weighted by atomic mass is 10.1. The maximum absolute atomic E-state index is 12.9. The van der Waals surface area contributed by atoms with E-state index in [4.69, 9.17) is 4.74 Å². The molecule has 0 saturated carbocycles. The quantitative estimate of drug-likeness (QED) is 0.779. The number of benzene rings is 2. The van der Waals surface area contributed by atoms with Crippen molar-refractivity contribution in [1.82, 2.24) is 9.80 Å². The van der Waals surface area contributed by atoms with Gasteiger partial charge in [0.1, 0.15) is 6.61 Å². The van der Waals surface area contributed by atoms with E-state index in [1.54, 1.807) is 0 Å². The smallest absolute Gasteiger partial charge is 0.289 e. The van der Waals surface area contributed by atoms with E-state index in [0.29, 0.717) is 25.5 Å². The highest BCUT2D eigenvalue weighted by atomic mass is 16.5. The van der Waals surface area contributed by atoms with E-state index in [9.17, 15) is 4.79 Å². The molecule has 130 valence electrons. The Kier molecular flexibility index (Phi) is 5.51. The molecule has 4 heteroatoms. The Hall–Kier alpha value is -2.59. The van der Waals surface area contributed by atoms with Crippen LogP contribution in [0.3, 0.4) is 0 Å². The zero-order valence-electron chi connectivity index (χ0n) is 14.8. The molecule has 0 spiro atoms. The average Bonchev–Trinajstić information content (AvgIpc) is 2.93. The third-order valence-electron chi connectivity index (χ3n) is 4.23. The zero-order valence-corrected chi connectivity index (χ0v) is 14.8. The first-order valence-corrected chi connectivity index (χ1v) is 8.54. The molecule has 1 aliphatic rings. The number of carbonyl (C=O) groups excluding carboxylic acids is 1. The van der Waals surface area contributed by atoms with E-state index in [-0.39, 0.29) is 5.91 Å². The molecule has 0 fully saturated rings. The Morgan fingerprint density at radius 2 is 1.64 bits per heavy atom. The summed E-state index contributed by atoms with van der Waals surface area (Å²) in [6, 6.07) is 20.1. The Morgan fingerprint density at radius 1 is 1.00 bits per heavy atom. The number of rotatable bonds is 7. The van der Waals surface area contributed by atoms with Crippen molar-refractivity contribution >= 4 is 11.5 Å². The second kappa shape index (κ2) is 7.99. The molecule has 0 N–H and O–H groups in total. The normalized spacial score (nSPS) is 14.5. The van der Waals surface area contributed by atoms with E-state index in [1.165, 1.54) is 0 Å². The predicted molar refractivity (Wildman–Crippen MR) is 99.7 cm³/mol. The van der Waals surface area contributed by atoms with Crippen molar-refractivity contribution in [3.63, 3.8) is 0 Å². The standard InChI is InChI=1S/C21H24N2O2/c1-22(2)13-14-25-20-19(18-11-7-4-8-12-18)16-23(21(20)24)15-17-9-5-3-6-10-17/h3-12H,13-16H2,1-2H3. The lowest BCUT2D eigenvalue weighted by molar-refractivity contribution is -0.129. The van der Waals surface area contributed by atoms with Gasteiger partial charge < -0.3 is 14.5 Å². The van der Waals surface area contributed by atoms with E-state index in [1.807, 2.05) is 84.6 Å². The molecule has 3 rings (SSSR count). The van der Waals surface area contributed by atoms with Crippen LogP contribution < -0.4 is 0 Å². The van der Waals surface area contributed by atoms with Gasteiger partial charge in [-0.3, -0.25) is 4.79 Å².